The Morgan fingerprint density at radius 3 is 2.21 bits per heavy atom. The number of halogens is 2. The minimum Gasteiger partial charge on any atom is -0.344 e. The Labute approximate surface area is 254 Å². The molecule has 2 saturated heterocycles. The van der Waals surface area contributed by atoms with E-state index in [2.05, 4.69) is 41.1 Å². The second-order valence-corrected chi connectivity index (χ2v) is 12.6. The molecule has 4 rings (SSSR count). The van der Waals surface area contributed by atoms with Crippen LogP contribution in [0.2, 0.25) is 5.02 Å². The summed E-state index contributed by atoms with van der Waals surface area (Å²) in [5.41, 5.74) is 7.83. The number of nitrogens with one attached hydrogen (secondary N) is 1. The van der Waals surface area contributed by atoms with Crippen molar-refractivity contribution in [2.45, 2.75) is 57.7 Å². The van der Waals surface area contributed by atoms with Crippen molar-refractivity contribution in [2.24, 2.45) is 11.7 Å². The number of carbonyl (C=O) groups excluding carboxylic acids is 2. The molecule has 230 valence electrons. The zero-order chi connectivity index (χ0) is 30.2. The lowest BCUT2D eigenvalue weighted by atomic mass is 9.99. The molecule has 2 fully saturated rings. The first-order chi connectivity index (χ1) is 20.1. The molecule has 0 radical (unpaired) electrons. The van der Waals surface area contributed by atoms with Crippen LogP contribution in [0.1, 0.15) is 50.3 Å². The monoisotopic (exact) mass is 600 g/mol. The first-order valence-corrected chi connectivity index (χ1v) is 15.5. The van der Waals surface area contributed by atoms with E-state index in [9.17, 15) is 14.0 Å². The maximum Gasteiger partial charge on any atom is 0.245 e. The van der Waals surface area contributed by atoms with E-state index >= 15 is 0 Å². The van der Waals surface area contributed by atoms with Gasteiger partial charge in [-0.3, -0.25) is 9.59 Å². The molecular formula is C32H46ClFN6O2. The number of likely N-dealkylation sites (tertiary alicyclic amines) is 1. The van der Waals surface area contributed by atoms with Crippen LogP contribution in [0.5, 0.6) is 0 Å². The molecule has 0 aliphatic carbocycles. The number of likely N-dealkylation sites (N-methyl/N-ethyl adjacent to an activating group) is 1. The molecule has 42 heavy (non-hydrogen) atoms. The van der Waals surface area contributed by atoms with Crippen molar-refractivity contribution in [2.75, 3.05) is 52.9 Å². The summed E-state index contributed by atoms with van der Waals surface area (Å²) >= 11 is 6.08. The summed E-state index contributed by atoms with van der Waals surface area (Å²) < 4.78 is 13.3. The first-order valence-electron chi connectivity index (χ1n) is 15.1. The second kappa shape index (κ2) is 15.3. The molecule has 8 nitrogen and oxygen atoms in total. The van der Waals surface area contributed by atoms with Gasteiger partial charge in [0.1, 0.15) is 11.9 Å². The lowest BCUT2D eigenvalue weighted by Gasteiger charge is -2.47. The van der Waals surface area contributed by atoms with Gasteiger partial charge in [-0.25, -0.2) is 14.4 Å². The standard InChI is InChI=1S/C32H46ClFN6O2/c1-23(2)22-40(39-18-16-37(3)17-19-39)28-12-14-38(15-13-28)32(42)30(20-24-4-8-26(33)9-5-24)36-31(41)21-29(35)25-6-10-27(34)11-7-25/h4-11,23,28-30H,12-22,35H2,1-3H3,(H,36,41)/t29?,30-/m1/s1. The summed E-state index contributed by atoms with van der Waals surface area (Å²) in [6.45, 7) is 11.0. The van der Waals surface area contributed by atoms with Crippen molar-refractivity contribution in [1.82, 2.24) is 25.1 Å². The summed E-state index contributed by atoms with van der Waals surface area (Å²) in [5.74, 6) is -0.206. The van der Waals surface area contributed by atoms with Crippen LogP contribution in [0.3, 0.4) is 0 Å². The number of piperidine rings is 1. The Kier molecular flexibility index (Phi) is 11.7. The van der Waals surface area contributed by atoms with Crippen molar-refractivity contribution >= 4 is 23.4 Å². The zero-order valence-electron chi connectivity index (χ0n) is 25.1. The third-order valence-electron chi connectivity index (χ3n) is 8.28. The summed E-state index contributed by atoms with van der Waals surface area (Å²) in [6, 6.07) is 12.2. The van der Waals surface area contributed by atoms with Crippen LogP contribution in [-0.4, -0.2) is 96.6 Å². The molecule has 0 spiro atoms. The van der Waals surface area contributed by atoms with E-state index in [0.717, 1.165) is 51.1 Å². The fourth-order valence-corrected chi connectivity index (χ4v) is 5.99. The molecular weight excluding hydrogens is 555 g/mol. The van der Waals surface area contributed by atoms with Gasteiger partial charge in [-0.1, -0.05) is 49.7 Å². The molecule has 2 aliphatic rings. The van der Waals surface area contributed by atoms with Gasteiger partial charge in [0.2, 0.25) is 11.8 Å². The Balaban J connectivity index is 1.41. The number of nitrogens with zero attached hydrogens (tertiary/aromatic N) is 4. The van der Waals surface area contributed by atoms with Gasteiger partial charge in [0.15, 0.2) is 0 Å². The van der Waals surface area contributed by atoms with Crippen molar-refractivity contribution < 1.29 is 14.0 Å². The van der Waals surface area contributed by atoms with Gasteiger partial charge in [0.25, 0.3) is 0 Å². The Bertz CT molecular complexity index is 1150. The Morgan fingerprint density at radius 2 is 1.62 bits per heavy atom. The van der Waals surface area contributed by atoms with Gasteiger partial charge in [-0.2, -0.15) is 0 Å². The quantitative estimate of drug-likeness (QED) is 0.409. The average molecular weight is 601 g/mol. The van der Waals surface area contributed by atoms with Gasteiger partial charge < -0.3 is 20.9 Å². The molecule has 0 saturated carbocycles. The SMILES string of the molecule is CC(C)CN(C1CCN(C(=O)[C@@H](Cc2ccc(Cl)cc2)NC(=O)CC(N)c2ccc(F)cc2)CC1)N1CCN(C)CC1. The number of hydrazine groups is 1. The van der Waals surface area contributed by atoms with Crippen molar-refractivity contribution in [3.8, 4) is 0 Å². The fraction of sp³-hybridized carbons (Fsp3) is 0.562. The maximum absolute atomic E-state index is 13.9. The van der Waals surface area contributed by atoms with Crippen molar-refractivity contribution in [3.63, 3.8) is 0 Å². The van der Waals surface area contributed by atoms with Gasteiger partial charge in [0, 0.05) is 75.8 Å². The Morgan fingerprint density at radius 1 is 1.00 bits per heavy atom. The van der Waals surface area contributed by atoms with E-state index in [1.165, 1.54) is 12.1 Å². The zero-order valence-corrected chi connectivity index (χ0v) is 25.9. The summed E-state index contributed by atoms with van der Waals surface area (Å²) in [7, 11) is 2.17. The van der Waals surface area contributed by atoms with Crippen LogP contribution in [0.15, 0.2) is 48.5 Å². The normalized spacial score (nSPS) is 18.8. The largest absolute Gasteiger partial charge is 0.344 e. The van der Waals surface area contributed by atoms with Gasteiger partial charge >= 0.3 is 0 Å². The van der Waals surface area contributed by atoms with Crippen LogP contribution in [-0.2, 0) is 16.0 Å². The first kappa shape index (κ1) is 32.4. The molecule has 2 aliphatic heterocycles. The van der Waals surface area contributed by atoms with Crippen LogP contribution in [0.25, 0.3) is 0 Å². The second-order valence-electron chi connectivity index (χ2n) is 12.1. The predicted octanol–water partition coefficient (Wildman–Crippen LogP) is 3.71. The lowest BCUT2D eigenvalue weighted by Crippen LogP contribution is -2.60. The third-order valence-corrected chi connectivity index (χ3v) is 8.53. The van der Waals surface area contributed by atoms with Crippen LogP contribution < -0.4 is 11.1 Å². The molecule has 2 atom stereocenters. The highest BCUT2D eigenvalue weighted by molar-refractivity contribution is 6.30. The molecule has 2 heterocycles. The van der Waals surface area contributed by atoms with Crippen LogP contribution in [0.4, 0.5) is 4.39 Å². The van der Waals surface area contributed by atoms with Gasteiger partial charge in [-0.15, -0.1) is 0 Å². The number of amides is 2. The smallest absolute Gasteiger partial charge is 0.245 e. The molecule has 0 bridgehead atoms. The number of piperazine rings is 1. The minimum atomic E-state index is -0.722. The van der Waals surface area contributed by atoms with Crippen LogP contribution in [0, 0.1) is 11.7 Å². The number of hydrogen-bond acceptors (Lipinski definition) is 6. The van der Waals surface area contributed by atoms with E-state index < -0.39 is 12.1 Å². The van der Waals surface area contributed by atoms with E-state index in [0.29, 0.717) is 42.1 Å². The molecule has 3 N–H and O–H groups in total. The van der Waals surface area contributed by atoms with E-state index in [4.69, 9.17) is 17.3 Å². The summed E-state index contributed by atoms with van der Waals surface area (Å²) in [4.78, 5) is 31.2. The van der Waals surface area contributed by atoms with Gasteiger partial charge in [-0.05, 0) is 61.2 Å². The minimum absolute atomic E-state index is 0.00666. The highest BCUT2D eigenvalue weighted by Gasteiger charge is 2.34. The van der Waals surface area contributed by atoms with Crippen molar-refractivity contribution in [1.29, 1.82) is 0 Å². The fourth-order valence-electron chi connectivity index (χ4n) is 5.86. The molecule has 2 amide bonds. The number of carbonyl (C=O) groups is 2. The summed E-state index contributed by atoms with van der Waals surface area (Å²) in [6.07, 6.45) is 2.13. The molecule has 2 aromatic rings. The molecule has 10 heteroatoms. The lowest BCUT2D eigenvalue weighted by molar-refractivity contribution is -0.140. The Hall–Kier alpha value is -2.56. The highest BCUT2D eigenvalue weighted by Crippen LogP contribution is 2.23. The van der Waals surface area contributed by atoms with E-state index in [-0.39, 0.29) is 24.1 Å². The summed E-state index contributed by atoms with van der Waals surface area (Å²) in [5, 5.41) is 8.65. The average Bonchev–Trinajstić information content (AvgIpc) is 2.97. The molecule has 2 aromatic carbocycles. The third kappa shape index (κ3) is 9.22. The topological polar surface area (TPSA) is 85.1 Å². The van der Waals surface area contributed by atoms with E-state index in [1.54, 1.807) is 24.3 Å². The highest BCUT2D eigenvalue weighted by atomic mass is 35.5. The van der Waals surface area contributed by atoms with E-state index in [1.807, 2.05) is 17.0 Å². The number of benzene rings is 2. The maximum atomic E-state index is 13.9. The predicted molar refractivity (Wildman–Crippen MR) is 165 cm³/mol. The number of rotatable bonds is 11. The van der Waals surface area contributed by atoms with Gasteiger partial charge in [0.05, 0.1) is 0 Å². The molecule has 1 unspecified atom stereocenters. The van der Waals surface area contributed by atoms with Crippen molar-refractivity contribution in [3.05, 3.63) is 70.5 Å². The van der Waals surface area contributed by atoms with Crippen LogP contribution >= 0.6 is 11.6 Å². The number of hydrogen-bond donors (Lipinski definition) is 2. The number of nitrogens with two attached hydrogens (primary N) is 1. The molecule has 0 aromatic heterocycles.